The summed E-state index contributed by atoms with van der Waals surface area (Å²) in [6.45, 7) is 0.317. The van der Waals surface area contributed by atoms with Crippen LogP contribution in [0.1, 0.15) is 5.56 Å². The second kappa shape index (κ2) is 5.56. The first kappa shape index (κ1) is 14.4. The molecular weight excluding hydrogens is 281 g/mol. The Balaban J connectivity index is 2.33. The van der Waals surface area contributed by atoms with Crippen molar-refractivity contribution in [2.24, 2.45) is 5.14 Å². The van der Waals surface area contributed by atoms with Crippen molar-refractivity contribution in [3.63, 3.8) is 0 Å². The fraction of sp³-hybridized carbons (Fsp3) is 0.154. The summed E-state index contributed by atoms with van der Waals surface area (Å²) < 4.78 is 36.2. The van der Waals surface area contributed by atoms with Crippen molar-refractivity contribution < 1.29 is 12.8 Å². The molecule has 106 valence electrons. The molecule has 0 spiro atoms. The van der Waals surface area contributed by atoms with Gasteiger partial charge in [0, 0.05) is 19.8 Å². The van der Waals surface area contributed by atoms with Gasteiger partial charge in [-0.15, -0.1) is 0 Å². The summed E-state index contributed by atoms with van der Waals surface area (Å²) in [5.41, 5.74) is 0.707. The maximum Gasteiger partial charge on any atom is 0.241 e. The van der Waals surface area contributed by atoms with Crippen molar-refractivity contribution in [3.8, 4) is 0 Å². The summed E-state index contributed by atoms with van der Waals surface area (Å²) in [6, 6.07) is 8.96. The van der Waals surface area contributed by atoms with Gasteiger partial charge in [0.1, 0.15) is 16.5 Å². The lowest BCUT2D eigenvalue weighted by Crippen LogP contribution is -2.23. The Bertz CT molecular complexity index is 719. The van der Waals surface area contributed by atoms with Gasteiger partial charge in [-0.1, -0.05) is 12.1 Å². The first-order valence-corrected chi connectivity index (χ1v) is 7.36. The Hall–Kier alpha value is -1.99. The highest BCUT2D eigenvalue weighted by Gasteiger charge is 2.17. The third-order valence-corrected chi connectivity index (χ3v) is 3.66. The van der Waals surface area contributed by atoms with Gasteiger partial charge in [0.15, 0.2) is 0 Å². The van der Waals surface area contributed by atoms with Gasteiger partial charge in [-0.25, -0.2) is 22.9 Å². The van der Waals surface area contributed by atoms with Gasteiger partial charge < -0.3 is 4.90 Å². The normalized spacial score (nSPS) is 11.3. The van der Waals surface area contributed by atoms with E-state index in [9.17, 15) is 12.8 Å². The second-order valence-corrected chi connectivity index (χ2v) is 5.89. The van der Waals surface area contributed by atoms with E-state index in [1.54, 1.807) is 24.1 Å². The zero-order valence-corrected chi connectivity index (χ0v) is 11.6. The highest BCUT2D eigenvalue weighted by atomic mass is 32.2. The molecule has 20 heavy (non-hydrogen) atoms. The van der Waals surface area contributed by atoms with Crippen molar-refractivity contribution >= 4 is 15.8 Å². The average Bonchev–Trinajstić information content (AvgIpc) is 2.37. The highest BCUT2D eigenvalue weighted by Crippen LogP contribution is 2.21. The summed E-state index contributed by atoms with van der Waals surface area (Å²) in [5, 5.41) is 5.16. The van der Waals surface area contributed by atoms with Crippen molar-refractivity contribution in [3.05, 3.63) is 54.0 Å². The van der Waals surface area contributed by atoms with Gasteiger partial charge in [0.2, 0.25) is 10.0 Å². The van der Waals surface area contributed by atoms with E-state index in [1.165, 1.54) is 30.5 Å². The zero-order valence-electron chi connectivity index (χ0n) is 10.8. The standard InChI is InChI=1S/C13H14FN3O2S/c1-17(9-10-4-2-5-11(14)8-10)13-12(20(15,18)19)6-3-7-16-13/h2-8H,9H2,1H3,(H2,15,18,19). The molecule has 0 aliphatic carbocycles. The monoisotopic (exact) mass is 295 g/mol. The van der Waals surface area contributed by atoms with Crippen LogP contribution in [0.4, 0.5) is 10.2 Å². The lowest BCUT2D eigenvalue weighted by Gasteiger charge is -2.20. The minimum absolute atomic E-state index is 0.0566. The van der Waals surface area contributed by atoms with E-state index < -0.39 is 10.0 Å². The Morgan fingerprint density at radius 2 is 2.05 bits per heavy atom. The average molecular weight is 295 g/mol. The SMILES string of the molecule is CN(Cc1cccc(F)c1)c1ncccc1S(N)(=O)=O. The number of aromatic nitrogens is 1. The topological polar surface area (TPSA) is 76.3 Å². The smallest absolute Gasteiger partial charge is 0.241 e. The molecule has 0 aliphatic rings. The van der Waals surface area contributed by atoms with Crippen LogP contribution >= 0.6 is 0 Å². The molecule has 0 atom stereocenters. The number of pyridine rings is 1. The summed E-state index contributed by atoms with van der Waals surface area (Å²) in [7, 11) is -2.19. The van der Waals surface area contributed by atoms with Crippen molar-refractivity contribution in [2.75, 3.05) is 11.9 Å². The molecular formula is C13H14FN3O2S. The first-order valence-electron chi connectivity index (χ1n) is 5.81. The number of benzene rings is 1. The van der Waals surface area contributed by atoms with Crippen molar-refractivity contribution in [1.29, 1.82) is 0 Å². The van der Waals surface area contributed by atoms with Crippen LogP contribution in [0.5, 0.6) is 0 Å². The van der Waals surface area contributed by atoms with Gasteiger partial charge in [0.25, 0.3) is 0 Å². The van der Waals surface area contributed by atoms with Crippen LogP contribution in [0.15, 0.2) is 47.5 Å². The predicted molar refractivity (Wildman–Crippen MR) is 74.1 cm³/mol. The van der Waals surface area contributed by atoms with Crippen LogP contribution in [0.2, 0.25) is 0 Å². The van der Waals surface area contributed by atoms with Gasteiger partial charge in [-0.2, -0.15) is 0 Å². The van der Waals surface area contributed by atoms with Crippen LogP contribution in [0, 0.1) is 5.82 Å². The number of halogens is 1. The zero-order chi connectivity index (χ0) is 14.8. The van der Waals surface area contributed by atoms with E-state index in [0.717, 1.165) is 0 Å². The summed E-state index contributed by atoms with van der Waals surface area (Å²) in [4.78, 5) is 5.59. The molecule has 7 heteroatoms. The van der Waals surface area contributed by atoms with Gasteiger partial charge >= 0.3 is 0 Å². The van der Waals surface area contributed by atoms with E-state index in [2.05, 4.69) is 4.98 Å². The Labute approximate surface area is 116 Å². The molecule has 0 fully saturated rings. The fourth-order valence-electron chi connectivity index (χ4n) is 1.88. The van der Waals surface area contributed by atoms with Gasteiger partial charge in [-0.05, 0) is 29.8 Å². The molecule has 1 heterocycles. The number of primary sulfonamides is 1. The van der Waals surface area contributed by atoms with E-state index in [1.807, 2.05) is 0 Å². The minimum Gasteiger partial charge on any atom is -0.354 e. The molecule has 1 aromatic heterocycles. The predicted octanol–water partition coefficient (Wildman–Crippen LogP) is 1.50. The highest BCUT2D eigenvalue weighted by molar-refractivity contribution is 7.89. The molecule has 2 aromatic rings. The van der Waals surface area contributed by atoms with Crippen LogP contribution in [0.3, 0.4) is 0 Å². The Kier molecular flexibility index (Phi) is 4.01. The molecule has 0 saturated heterocycles. The third-order valence-electron chi connectivity index (χ3n) is 2.73. The Morgan fingerprint density at radius 1 is 1.30 bits per heavy atom. The molecule has 1 aromatic carbocycles. The number of hydrogen-bond donors (Lipinski definition) is 1. The van der Waals surface area contributed by atoms with Gasteiger partial charge in [0.05, 0.1) is 0 Å². The van der Waals surface area contributed by atoms with Crippen molar-refractivity contribution in [2.45, 2.75) is 11.4 Å². The molecule has 5 nitrogen and oxygen atoms in total. The van der Waals surface area contributed by atoms with Crippen LogP contribution in [-0.4, -0.2) is 20.4 Å². The van der Waals surface area contributed by atoms with Crippen LogP contribution in [0.25, 0.3) is 0 Å². The minimum atomic E-state index is -3.86. The third kappa shape index (κ3) is 3.31. The van der Waals surface area contributed by atoms with Gasteiger partial charge in [-0.3, -0.25) is 0 Å². The maximum absolute atomic E-state index is 13.1. The summed E-state index contributed by atoms with van der Waals surface area (Å²) >= 11 is 0. The molecule has 0 unspecified atom stereocenters. The second-order valence-electron chi connectivity index (χ2n) is 4.36. The maximum atomic E-state index is 13.1. The number of nitrogens with zero attached hydrogens (tertiary/aromatic N) is 2. The molecule has 0 bridgehead atoms. The number of anilines is 1. The van der Waals surface area contributed by atoms with E-state index in [4.69, 9.17) is 5.14 Å². The lowest BCUT2D eigenvalue weighted by atomic mass is 10.2. The number of nitrogens with two attached hydrogens (primary N) is 1. The molecule has 0 saturated carbocycles. The quantitative estimate of drug-likeness (QED) is 0.927. The molecule has 0 radical (unpaired) electrons. The molecule has 0 amide bonds. The van der Waals surface area contributed by atoms with Crippen molar-refractivity contribution in [1.82, 2.24) is 4.98 Å². The van der Waals surface area contributed by atoms with Crippen LogP contribution in [-0.2, 0) is 16.6 Å². The number of sulfonamides is 1. The van der Waals surface area contributed by atoms with E-state index >= 15 is 0 Å². The summed E-state index contributed by atoms with van der Waals surface area (Å²) in [5.74, 6) is -0.108. The van der Waals surface area contributed by atoms with Crippen LogP contribution < -0.4 is 10.0 Å². The fourth-order valence-corrected chi connectivity index (χ4v) is 2.61. The molecule has 0 aliphatic heterocycles. The van der Waals surface area contributed by atoms with E-state index in [0.29, 0.717) is 12.1 Å². The largest absolute Gasteiger partial charge is 0.354 e. The summed E-state index contributed by atoms with van der Waals surface area (Å²) in [6.07, 6.45) is 1.48. The molecule has 2 rings (SSSR count). The molecule has 2 N–H and O–H groups in total. The lowest BCUT2D eigenvalue weighted by molar-refractivity contribution is 0.597. The first-order chi connectivity index (χ1) is 9.38. The number of rotatable bonds is 4. The Morgan fingerprint density at radius 3 is 2.70 bits per heavy atom. The van der Waals surface area contributed by atoms with E-state index in [-0.39, 0.29) is 16.5 Å². The number of hydrogen-bond acceptors (Lipinski definition) is 4.